The van der Waals surface area contributed by atoms with E-state index in [1.165, 1.54) is 6.42 Å². The predicted molar refractivity (Wildman–Crippen MR) is 105 cm³/mol. The Bertz CT molecular complexity index is 854. The molecule has 0 saturated carbocycles. The van der Waals surface area contributed by atoms with E-state index in [9.17, 15) is 9.59 Å². The summed E-state index contributed by atoms with van der Waals surface area (Å²) in [6.45, 7) is 5.39. The lowest BCUT2D eigenvalue weighted by atomic mass is 10.1. The first-order chi connectivity index (χ1) is 12.4. The van der Waals surface area contributed by atoms with Crippen LogP contribution in [0.4, 0.5) is 11.4 Å². The highest BCUT2D eigenvalue weighted by atomic mass is 79.9. The van der Waals surface area contributed by atoms with Crippen LogP contribution in [0.25, 0.3) is 0 Å². The molecule has 1 aliphatic heterocycles. The maximum atomic E-state index is 12.8. The summed E-state index contributed by atoms with van der Waals surface area (Å²) in [5.41, 5.74) is 7.72. The minimum atomic E-state index is -0.526. The predicted octanol–water partition coefficient (Wildman–Crippen LogP) is 4.00. The fourth-order valence-corrected chi connectivity index (χ4v) is 3.84. The lowest BCUT2D eigenvalue weighted by molar-refractivity contribution is 0.0996. The van der Waals surface area contributed by atoms with Gasteiger partial charge in [0, 0.05) is 18.7 Å². The van der Waals surface area contributed by atoms with Crippen molar-refractivity contribution >= 4 is 39.1 Å². The zero-order valence-electron chi connectivity index (χ0n) is 14.9. The highest BCUT2D eigenvalue weighted by Crippen LogP contribution is 2.32. The molecule has 26 heavy (non-hydrogen) atoms. The molecule has 3 N–H and O–H groups in total. The summed E-state index contributed by atoms with van der Waals surface area (Å²) >= 11 is 3.41. The van der Waals surface area contributed by atoms with Crippen molar-refractivity contribution in [3.05, 3.63) is 45.3 Å². The van der Waals surface area contributed by atoms with Crippen LogP contribution in [0.15, 0.2) is 27.1 Å². The number of amides is 2. The fourth-order valence-electron chi connectivity index (χ4n) is 3.30. The van der Waals surface area contributed by atoms with Gasteiger partial charge in [-0.1, -0.05) is 0 Å². The molecule has 0 aliphatic carbocycles. The van der Waals surface area contributed by atoms with Gasteiger partial charge in [-0.15, -0.1) is 0 Å². The maximum Gasteiger partial charge on any atom is 0.260 e. The number of nitrogens with two attached hydrogens (primary N) is 1. The zero-order valence-corrected chi connectivity index (χ0v) is 16.5. The molecule has 0 spiro atoms. The van der Waals surface area contributed by atoms with Crippen molar-refractivity contribution in [3.63, 3.8) is 0 Å². The van der Waals surface area contributed by atoms with E-state index in [4.69, 9.17) is 10.2 Å². The molecule has 0 radical (unpaired) electrons. The summed E-state index contributed by atoms with van der Waals surface area (Å²) in [5.74, 6) is 0.376. The van der Waals surface area contributed by atoms with Gasteiger partial charge in [-0.2, -0.15) is 0 Å². The van der Waals surface area contributed by atoms with E-state index >= 15 is 0 Å². The van der Waals surface area contributed by atoms with Crippen molar-refractivity contribution in [1.29, 1.82) is 0 Å². The quantitative estimate of drug-likeness (QED) is 0.783. The normalized spacial score (nSPS) is 14.3. The van der Waals surface area contributed by atoms with Gasteiger partial charge in [0.2, 0.25) is 5.91 Å². The van der Waals surface area contributed by atoms with Gasteiger partial charge in [0.25, 0.3) is 5.91 Å². The Morgan fingerprint density at radius 2 is 1.85 bits per heavy atom. The molecule has 0 atom stereocenters. The largest absolute Gasteiger partial charge is 0.465 e. The Morgan fingerprint density at radius 3 is 2.42 bits per heavy atom. The number of halogens is 1. The fraction of sp³-hybridized carbons (Fsp3) is 0.368. The number of piperidine rings is 1. The van der Waals surface area contributed by atoms with Crippen LogP contribution in [0.5, 0.6) is 0 Å². The van der Waals surface area contributed by atoms with Crippen molar-refractivity contribution < 1.29 is 14.0 Å². The van der Waals surface area contributed by atoms with Crippen LogP contribution < -0.4 is 16.0 Å². The van der Waals surface area contributed by atoms with Gasteiger partial charge in [0.15, 0.2) is 0 Å². The number of furan rings is 1. The number of aryl methyl sites for hydroxylation is 2. The van der Waals surface area contributed by atoms with Crippen molar-refractivity contribution in [3.8, 4) is 0 Å². The lowest BCUT2D eigenvalue weighted by Crippen LogP contribution is -2.30. The van der Waals surface area contributed by atoms with E-state index in [0.717, 1.165) is 31.6 Å². The van der Waals surface area contributed by atoms with E-state index in [1.54, 1.807) is 26.0 Å². The van der Waals surface area contributed by atoms with E-state index in [-0.39, 0.29) is 5.91 Å². The highest BCUT2D eigenvalue weighted by molar-refractivity contribution is 9.10. The van der Waals surface area contributed by atoms with E-state index in [1.807, 2.05) is 6.07 Å². The average molecular weight is 420 g/mol. The van der Waals surface area contributed by atoms with Gasteiger partial charge < -0.3 is 20.4 Å². The van der Waals surface area contributed by atoms with Crippen LogP contribution in [-0.2, 0) is 0 Å². The van der Waals surface area contributed by atoms with Gasteiger partial charge in [0.05, 0.1) is 21.4 Å². The molecule has 2 amide bonds. The van der Waals surface area contributed by atoms with Crippen LogP contribution in [0.1, 0.15) is 51.5 Å². The van der Waals surface area contributed by atoms with Crippen LogP contribution in [0.2, 0.25) is 0 Å². The van der Waals surface area contributed by atoms with Crippen molar-refractivity contribution in [2.75, 3.05) is 23.3 Å². The van der Waals surface area contributed by atoms with Gasteiger partial charge in [-0.05, 0) is 67.2 Å². The summed E-state index contributed by atoms with van der Waals surface area (Å²) in [7, 11) is 0. The first-order valence-electron chi connectivity index (χ1n) is 8.64. The minimum absolute atomic E-state index is 0.286. The van der Waals surface area contributed by atoms with Crippen molar-refractivity contribution in [1.82, 2.24) is 0 Å². The van der Waals surface area contributed by atoms with Crippen molar-refractivity contribution in [2.45, 2.75) is 33.1 Å². The first-order valence-corrected chi connectivity index (χ1v) is 9.43. The number of nitrogens with zero attached hydrogens (tertiary/aromatic N) is 1. The number of anilines is 2. The number of rotatable bonds is 4. The number of carbonyl (C=O) groups excluding carboxylic acids is 2. The molecule has 7 heteroatoms. The third kappa shape index (κ3) is 3.62. The standard InChI is InChI=1S/C19H22BrN3O3/c1-11-16(17(20)12(2)26-11)19(25)22-14-10-13(18(21)24)6-7-15(14)23-8-4-3-5-9-23/h6-7,10H,3-5,8-9H2,1-2H3,(H2,21,24)(H,22,25). The zero-order chi connectivity index (χ0) is 18.8. The average Bonchev–Trinajstić information content (AvgIpc) is 2.87. The summed E-state index contributed by atoms with van der Waals surface area (Å²) in [6, 6.07) is 5.19. The molecule has 1 aromatic heterocycles. The van der Waals surface area contributed by atoms with Gasteiger partial charge in [-0.25, -0.2) is 0 Å². The molecule has 2 heterocycles. The summed E-state index contributed by atoms with van der Waals surface area (Å²) < 4.78 is 6.16. The third-order valence-electron chi connectivity index (χ3n) is 4.64. The van der Waals surface area contributed by atoms with Gasteiger partial charge in [0.1, 0.15) is 11.5 Å². The van der Waals surface area contributed by atoms with Crippen LogP contribution in [0.3, 0.4) is 0 Å². The Balaban J connectivity index is 1.97. The molecule has 6 nitrogen and oxygen atoms in total. The van der Waals surface area contributed by atoms with Crippen molar-refractivity contribution in [2.24, 2.45) is 5.73 Å². The minimum Gasteiger partial charge on any atom is -0.465 e. The van der Waals surface area contributed by atoms with Crippen LogP contribution in [-0.4, -0.2) is 24.9 Å². The van der Waals surface area contributed by atoms with Gasteiger partial charge >= 0.3 is 0 Å². The number of nitrogens with one attached hydrogen (secondary N) is 1. The third-order valence-corrected chi connectivity index (χ3v) is 5.59. The summed E-state index contributed by atoms with van der Waals surface area (Å²) in [5, 5.41) is 2.94. The highest BCUT2D eigenvalue weighted by Gasteiger charge is 2.23. The molecule has 1 fully saturated rings. The number of carbonyl (C=O) groups is 2. The molecule has 0 bridgehead atoms. The number of benzene rings is 1. The molecule has 1 aromatic carbocycles. The second-order valence-electron chi connectivity index (χ2n) is 6.50. The smallest absolute Gasteiger partial charge is 0.260 e. The topological polar surface area (TPSA) is 88.6 Å². The number of hydrogen-bond donors (Lipinski definition) is 2. The van der Waals surface area contributed by atoms with E-state index in [2.05, 4.69) is 26.1 Å². The summed E-state index contributed by atoms with van der Waals surface area (Å²) in [6.07, 6.45) is 3.42. The Kier molecular flexibility index (Phi) is 5.36. The lowest BCUT2D eigenvalue weighted by Gasteiger charge is -2.30. The molecular formula is C19H22BrN3O3. The molecule has 1 saturated heterocycles. The molecule has 2 aromatic rings. The second kappa shape index (κ2) is 7.53. The Morgan fingerprint density at radius 1 is 1.15 bits per heavy atom. The number of hydrogen-bond acceptors (Lipinski definition) is 4. The molecule has 0 unspecified atom stereocenters. The first kappa shape index (κ1) is 18.5. The SMILES string of the molecule is Cc1oc(C)c(C(=O)Nc2cc(C(N)=O)ccc2N2CCCCC2)c1Br. The van der Waals surface area contributed by atoms with E-state index in [0.29, 0.717) is 32.8 Å². The molecule has 3 rings (SSSR count). The van der Waals surface area contributed by atoms with Crippen LogP contribution >= 0.6 is 15.9 Å². The second-order valence-corrected chi connectivity index (χ2v) is 7.29. The Hall–Kier alpha value is -2.28. The summed E-state index contributed by atoms with van der Waals surface area (Å²) in [4.78, 5) is 26.7. The number of primary amides is 1. The van der Waals surface area contributed by atoms with Crippen LogP contribution in [0, 0.1) is 13.8 Å². The molecule has 1 aliphatic rings. The van der Waals surface area contributed by atoms with Gasteiger partial charge in [-0.3, -0.25) is 9.59 Å². The molecule has 138 valence electrons. The monoisotopic (exact) mass is 419 g/mol. The Labute approximate surface area is 160 Å². The molecular weight excluding hydrogens is 398 g/mol. The van der Waals surface area contributed by atoms with E-state index < -0.39 is 5.91 Å². The maximum absolute atomic E-state index is 12.8.